The Kier molecular flexibility index (Phi) is 6.19. The summed E-state index contributed by atoms with van der Waals surface area (Å²) in [4.78, 5) is 1.41. The molecule has 1 fully saturated rings. The van der Waals surface area contributed by atoms with Gasteiger partial charge in [0.1, 0.15) is 0 Å². The molecule has 1 saturated heterocycles. The summed E-state index contributed by atoms with van der Waals surface area (Å²) < 4.78 is 32.7. The van der Waals surface area contributed by atoms with Gasteiger partial charge >= 0.3 is 0 Å². The minimum Gasteiger partial charge on any atom is -0.378 e. The van der Waals surface area contributed by atoms with E-state index >= 15 is 0 Å². The molecule has 1 aromatic heterocycles. The molecule has 2 heterocycles. The van der Waals surface area contributed by atoms with Crippen molar-refractivity contribution < 1.29 is 13.2 Å². The lowest BCUT2D eigenvalue weighted by atomic mass is 10.0. The Morgan fingerprint density at radius 2 is 2.29 bits per heavy atom. The molecule has 0 amide bonds. The van der Waals surface area contributed by atoms with Gasteiger partial charge in [-0.1, -0.05) is 6.92 Å². The SMILES string of the molecule is CCCNCc1cc(S(=O)(=O)NCC2CCOC2C)cs1. The molecule has 0 saturated carbocycles. The molecule has 2 atom stereocenters. The van der Waals surface area contributed by atoms with Gasteiger partial charge in [-0.2, -0.15) is 0 Å². The molecule has 0 bridgehead atoms. The predicted octanol–water partition coefficient (Wildman–Crippen LogP) is 1.95. The highest BCUT2D eigenvalue weighted by Gasteiger charge is 2.26. The molecular weight excluding hydrogens is 308 g/mol. The van der Waals surface area contributed by atoms with Crippen molar-refractivity contribution in [2.75, 3.05) is 19.7 Å². The van der Waals surface area contributed by atoms with E-state index in [2.05, 4.69) is 17.0 Å². The van der Waals surface area contributed by atoms with E-state index in [1.807, 2.05) is 6.92 Å². The van der Waals surface area contributed by atoms with Crippen molar-refractivity contribution in [3.63, 3.8) is 0 Å². The molecule has 21 heavy (non-hydrogen) atoms. The van der Waals surface area contributed by atoms with E-state index in [0.717, 1.165) is 37.4 Å². The molecule has 1 aliphatic rings. The molecule has 7 heteroatoms. The molecule has 120 valence electrons. The van der Waals surface area contributed by atoms with Crippen LogP contribution in [0.5, 0.6) is 0 Å². The quantitative estimate of drug-likeness (QED) is 0.714. The number of hydrogen-bond donors (Lipinski definition) is 2. The Morgan fingerprint density at radius 1 is 1.48 bits per heavy atom. The third kappa shape index (κ3) is 4.75. The van der Waals surface area contributed by atoms with Crippen LogP contribution in [0.2, 0.25) is 0 Å². The zero-order chi connectivity index (χ0) is 15.3. The molecule has 1 aliphatic heterocycles. The maximum atomic E-state index is 12.3. The first-order chi connectivity index (χ1) is 10.0. The lowest BCUT2D eigenvalue weighted by molar-refractivity contribution is 0.107. The fraction of sp³-hybridized carbons (Fsp3) is 0.714. The average Bonchev–Trinajstić information content (AvgIpc) is 3.06. The molecule has 0 radical (unpaired) electrons. The average molecular weight is 332 g/mol. The van der Waals surface area contributed by atoms with Crippen LogP contribution in [0.1, 0.15) is 31.6 Å². The number of rotatable bonds is 8. The first kappa shape index (κ1) is 16.9. The lowest BCUT2D eigenvalue weighted by Gasteiger charge is -2.14. The second-order valence-electron chi connectivity index (χ2n) is 5.40. The number of nitrogens with one attached hydrogen (secondary N) is 2. The summed E-state index contributed by atoms with van der Waals surface area (Å²) in [6.45, 7) is 6.93. The van der Waals surface area contributed by atoms with E-state index in [-0.39, 0.29) is 12.0 Å². The second-order valence-corrected chi connectivity index (χ2v) is 8.16. The molecular formula is C14H24N2O3S2. The number of ether oxygens (including phenoxy) is 1. The van der Waals surface area contributed by atoms with E-state index in [1.54, 1.807) is 11.4 Å². The second kappa shape index (κ2) is 7.69. The third-order valence-electron chi connectivity index (χ3n) is 3.73. The molecule has 2 rings (SSSR count). The topological polar surface area (TPSA) is 67.4 Å². The van der Waals surface area contributed by atoms with Gasteiger partial charge in [-0.25, -0.2) is 13.1 Å². The van der Waals surface area contributed by atoms with Crippen LogP contribution in [0.3, 0.4) is 0 Å². The van der Waals surface area contributed by atoms with Gasteiger partial charge in [-0.05, 0) is 32.4 Å². The van der Waals surface area contributed by atoms with E-state index in [9.17, 15) is 8.42 Å². The Labute approximate surface area is 131 Å². The maximum Gasteiger partial charge on any atom is 0.241 e. The van der Waals surface area contributed by atoms with Crippen LogP contribution in [0.15, 0.2) is 16.3 Å². The highest BCUT2D eigenvalue weighted by Crippen LogP contribution is 2.22. The summed E-state index contributed by atoms with van der Waals surface area (Å²) in [6.07, 6.45) is 2.11. The van der Waals surface area contributed by atoms with Gasteiger partial charge < -0.3 is 10.1 Å². The minimum absolute atomic E-state index is 0.129. The Bertz CT molecular complexity index is 542. The van der Waals surface area contributed by atoms with Gasteiger partial charge in [0.2, 0.25) is 10.0 Å². The summed E-state index contributed by atoms with van der Waals surface area (Å²) >= 11 is 1.48. The third-order valence-corrected chi connectivity index (χ3v) is 6.22. The van der Waals surface area contributed by atoms with Gasteiger partial charge in [0.25, 0.3) is 0 Å². The molecule has 0 aromatic carbocycles. The van der Waals surface area contributed by atoms with Gasteiger partial charge in [0, 0.05) is 35.9 Å². The van der Waals surface area contributed by atoms with Gasteiger partial charge in [-0.15, -0.1) is 11.3 Å². The first-order valence-electron chi connectivity index (χ1n) is 7.42. The number of hydrogen-bond acceptors (Lipinski definition) is 5. The summed E-state index contributed by atoms with van der Waals surface area (Å²) in [6, 6.07) is 1.75. The van der Waals surface area contributed by atoms with Crippen LogP contribution in [0, 0.1) is 5.92 Å². The Balaban J connectivity index is 1.89. The fourth-order valence-corrected chi connectivity index (χ4v) is 4.67. The zero-order valence-electron chi connectivity index (χ0n) is 12.6. The van der Waals surface area contributed by atoms with Crippen molar-refractivity contribution in [2.24, 2.45) is 5.92 Å². The van der Waals surface area contributed by atoms with Crippen molar-refractivity contribution in [1.29, 1.82) is 0 Å². The zero-order valence-corrected chi connectivity index (χ0v) is 14.2. The molecule has 2 unspecified atom stereocenters. The summed E-state index contributed by atoms with van der Waals surface area (Å²) in [5.41, 5.74) is 0. The summed E-state index contributed by atoms with van der Waals surface area (Å²) in [7, 11) is -3.40. The maximum absolute atomic E-state index is 12.3. The van der Waals surface area contributed by atoms with Crippen LogP contribution in [-0.4, -0.2) is 34.2 Å². The van der Waals surface area contributed by atoms with Crippen molar-refractivity contribution in [1.82, 2.24) is 10.0 Å². The van der Waals surface area contributed by atoms with E-state index < -0.39 is 10.0 Å². The molecule has 0 aliphatic carbocycles. The Hall–Kier alpha value is -0.470. The number of thiophene rings is 1. The van der Waals surface area contributed by atoms with E-state index in [0.29, 0.717) is 11.4 Å². The van der Waals surface area contributed by atoms with Gasteiger partial charge in [-0.3, -0.25) is 0 Å². The van der Waals surface area contributed by atoms with E-state index in [1.165, 1.54) is 11.3 Å². The molecule has 2 N–H and O–H groups in total. The number of sulfonamides is 1. The van der Waals surface area contributed by atoms with Crippen LogP contribution in [0.25, 0.3) is 0 Å². The smallest absolute Gasteiger partial charge is 0.241 e. The van der Waals surface area contributed by atoms with Crippen molar-refractivity contribution in [2.45, 2.75) is 44.2 Å². The fourth-order valence-electron chi connectivity index (χ4n) is 2.33. The largest absolute Gasteiger partial charge is 0.378 e. The highest BCUT2D eigenvalue weighted by molar-refractivity contribution is 7.89. The Morgan fingerprint density at radius 3 is 2.95 bits per heavy atom. The van der Waals surface area contributed by atoms with Crippen LogP contribution < -0.4 is 10.0 Å². The minimum atomic E-state index is -3.40. The van der Waals surface area contributed by atoms with Crippen molar-refractivity contribution in [3.8, 4) is 0 Å². The lowest BCUT2D eigenvalue weighted by Crippen LogP contribution is -2.31. The van der Waals surface area contributed by atoms with Crippen molar-refractivity contribution in [3.05, 3.63) is 16.3 Å². The monoisotopic (exact) mass is 332 g/mol. The predicted molar refractivity (Wildman–Crippen MR) is 85.0 cm³/mol. The molecule has 1 aromatic rings. The summed E-state index contributed by atoms with van der Waals surface area (Å²) in [5, 5.41) is 4.99. The molecule has 5 nitrogen and oxygen atoms in total. The van der Waals surface area contributed by atoms with Gasteiger partial charge in [0.15, 0.2) is 0 Å². The standard InChI is InChI=1S/C14H24N2O3S2/c1-3-5-15-9-13-7-14(10-20-13)21(17,18)16-8-12-4-6-19-11(12)2/h7,10-12,15-16H,3-6,8-9H2,1-2H3. The highest BCUT2D eigenvalue weighted by atomic mass is 32.2. The van der Waals surface area contributed by atoms with Gasteiger partial charge in [0.05, 0.1) is 11.0 Å². The normalized spacial score (nSPS) is 22.8. The van der Waals surface area contributed by atoms with Crippen molar-refractivity contribution >= 4 is 21.4 Å². The first-order valence-corrected chi connectivity index (χ1v) is 9.78. The summed E-state index contributed by atoms with van der Waals surface area (Å²) in [5.74, 6) is 0.268. The molecule has 0 spiro atoms. The van der Waals surface area contributed by atoms with Crippen LogP contribution >= 0.6 is 11.3 Å². The van der Waals surface area contributed by atoms with Crippen LogP contribution in [0.4, 0.5) is 0 Å². The van der Waals surface area contributed by atoms with Crippen LogP contribution in [-0.2, 0) is 21.3 Å². The van der Waals surface area contributed by atoms with E-state index in [4.69, 9.17) is 4.74 Å².